The van der Waals surface area contributed by atoms with E-state index >= 15 is 0 Å². The zero-order valence-corrected chi connectivity index (χ0v) is 16.4. The molecular weight excluding hydrogens is 372 g/mol. The van der Waals surface area contributed by atoms with Gasteiger partial charge in [0, 0.05) is 18.9 Å². The predicted molar refractivity (Wildman–Crippen MR) is 108 cm³/mol. The highest BCUT2D eigenvalue weighted by Gasteiger charge is 2.29. The Balaban J connectivity index is 1.82. The third-order valence-electron chi connectivity index (χ3n) is 4.47. The molecule has 5 nitrogen and oxygen atoms in total. The van der Waals surface area contributed by atoms with E-state index in [0.29, 0.717) is 5.56 Å². The lowest BCUT2D eigenvalue weighted by atomic mass is 10.1. The number of pyridine rings is 1. The number of nitrogens with zero attached hydrogens (tertiary/aromatic N) is 1. The molecule has 0 unspecified atom stereocenters. The van der Waals surface area contributed by atoms with Gasteiger partial charge in [-0.15, -0.1) is 0 Å². The first-order chi connectivity index (χ1) is 13.5. The number of benzene rings is 2. The van der Waals surface area contributed by atoms with Crippen molar-refractivity contribution in [3.63, 3.8) is 0 Å². The van der Waals surface area contributed by atoms with Crippen LogP contribution < -0.4 is 5.32 Å². The highest BCUT2D eigenvalue weighted by molar-refractivity contribution is 7.91. The zero-order chi connectivity index (χ0) is 20.0. The van der Waals surface area contributed by atoms with Crippen molar-refractivity contribution in [3.8, 4) is 0 Å². The molecule has 1 N–H and O–H groups in total. The normalized spacial score (nSPS) is 12.3. The minimum atomic E-state index is -3.69. The molecule has 1 heterocycles. The molecule has 3 rings (SSSR count). The van der Waals surface area contributed by atoms with E-state index in [1.165, 1.54) is 6.20 Å². The van der Waals surface area contributed by atoms with E-state index in [1.807, 2.05) is 37.3 Å². The summed E-state index contributed by atoms with van der Waals surface area (Å²) in [5.41, 5.74) is 2.40. The summed E-state index contributed by atoms with van der Waals surface area (Å²) < 4.78 is 26.5. The molecule has 0 fully saturated rings. The van der Waals surface area contributed by atoms with Gasteiger partial charge in [-0.2, -0.15) is 0 Å². The number of nitrogens with one attached hydrogen (secondary N) is 1. The summed E-state index contributed by atoms with van der Waals surface area (Å²) in [6.07, 6.45) is 3.32. The van der Waals surface area contributed by atoms with Crippen LogP contribution in [-0.2, 0) is 21.1 Å². The summed E-state index contributed by atoms with van der Waals surface area (Å²) in [7, 11) is -3.69. The topological polar surface area (TPSA) is 76.1 Å². The quantitative estimate of drug-likeness (QED) is 0.667. The molecule has 3 aromatic rings. The molecule has 0 saturated heterocycles. The Morgan fingerprint density at radius 2 is 1.71 bits per heavy atom. The number of carbonyl (C=O) groups excluding carboxylic acids is 1. The Kier molecular flexibility index (Phi) is 6.21. The lowest BCUT2D eigenvalue weighted by molar-refractivity contribution is -0.120. The van der Waals surface area contributed by atoms with Gasteiger partial charge in [0.1, 0.15) is 5.25 Å². The highest BCUT2D eigenvalue weighted by atomic mass is 32.2. The number of hydrogen-bond acceptors (Lipinski definition) is 4. The van der Waals surface area contributed by atoms with Crippen molar-refractivity contribution in [1.82, 2.24) is 10.3 Å². The standard InChI is InChI=1S/C22H22N2O3S/c1-17-9-11-20(12-10-17)28(26,27)21(19-8-5-13-23-15-19)16-24-22(25)14-18-6-3-2-4-7-18/h2-13,15,21H,14,16H2,1H3,(H,24,25)/t21-/m1/s1. The van der Waals surface area contributed by atoms with Crippen LogP contribution in [0.3, 0.4) is 0 Å². The summed E-state index contributed by atoms with van der Waals surface area (Å²) in [5.74, 6) is -0.223. The molecular formula is C22H22N2O3S. The van der Waals surface area contributed by atoms with Crippen molar-refractivity contribution in [2.24, 2.45) is 0 Å². The number of hydrogen-bond donors (Lipinski definition) is 1. The summed E-state index contributed by atoms with van der Waals surface area (Å²) in [5, 5.41) is 1.86. The third-order valence-corrected chi connectivity index (χ3v) is 6.59. The molecule has 144 valence electrons. The van der Waals surface area contributed by atoms with Gasteiger partial charge < -0.3 is 5.32 Å². The second kappa shape index (κ2) is 8.80. The number of carbonyl (C=O) groups is 1. The SMILES string of the molecule is Cc1ccc(S(=O)(=O)[C@H](CNC(=O)Cc2ccccc2)c2cccnc2)cc1. The Morgan fingerprint density at radius 1 is 1.00 bits per heavy atom. The molecule has 1 atom stereocenters. The summed E-state index contributed by atoms with van der Waals surface area (Å²) in [6.45, 7) is 1.88. The smallest absolute Gasteiger partial charge is 0.224 e. The van der Waals surface area contributed by atoms with Crippen LogP contribution in [-0.4, -0.2) is 25.9 Å². The summed E-state index contributed by atoms with van der Waals surface area (Å²) in [6, 6.07) is 19.5. The van der Waals surface area contributed by atoms with Gasteiger partial charge in [0.15, 0.2) is 9.84 Å². The van der Waals surface area contributed by atoms with Crippen LogP contribution in [0.25, 0.3) is 0 Å². The van der Waals surface area contributed by atoms with Crippen LogP contribution in [0.15, 0.2) is 84.0 Å². The first-order valence-corrected chi connectivity index (χ1v) is 10.5. The molecule has 6 heteroatoms. The van der Waals surface area contributed by atoms with Gasteiger partial charge in [-0.1, -0.05) is 54.1 Å². The number of aromatic nitrogens is 1. The van der Waals surface area contributed by atoms with E-state index in [-0.39, 0.29) is 23.8 Å². The van der Waals surface area contributed by atoms with E-state index in [2.05, 4.69) is 10.3 Å². The van der Waals surface area contributed by atoms with Crippen LogP contribution in [0.2, 0.25) is 0 Å². The van der Waals surface area contributed by atoms with E-state index in [0.717, 1.165) is 11.1 Å². The molecule has 1 aromatic heterocycles. The van der Waals surface area contributed by atoms with E-state index in [9.17, 15) is 13.2 Å². The first kappa shape index (κ1) is 19.8. The monoisotopic (exact) mass is 394 g/mol. The molecule has 0 spiro atoms. The molecule has 0 aliphatic heterocycles. The van der Waals surface area contributed by atoms with Gasteiger partial charge in [0.25, 0.3) is 0 Å². The predicted octanol–water partition coefficient (Wildman–Crippen LogP) is 3.26. The lowest BCUT2D eigenvalue weighted by Crippen LogP contribution is -2.33. The van der Waals surface area contributed by atoms with Crippen LogP contribution in [0, 0.1) is 6.92 Å². The molecule has 28 heavy (non-hydrogen) atoms. The number of aryl methyl sites for hydroxylation is 1. The van der Waals surface area contributed by atoms with Gasteiger partial charge in [-0.25, -0.2) is 8.42 Å². The maximum absolute atomic E-state index is 13.2. The molecule has 0 radical (unpaired) electrons. The number of rotatable bonds is 7. The van der Waals surface area contributed by atoms with Crippen molar-refractivity contribution in [2.45, 2.75) is 23.5 Å². The van der Waals surface area contributed by atoms with Gasteiger partial charge in [0.2, 0.25) is 5.91 Å². The maximum atomic E-state index is 13.2. The molecule has 0 bridgehead atoms. The Bertz CT molecular complexity index is 1020. The number of amides is 1. The van der Waals surface area contributed by atoms with Gasteiger partial charge >= 0.3 is 0 Å². The van der Waals surface area contributed by atoms with E-state index < -0.39 is 15.1 Å². The fourth-order valence-electron chi connectivity index (χ4n) is 2.92. The molecule has 0 aliphatic carbocycles. The van der Waals surface area contributed by atoms with Crippen molar-refractivity contribution in [2.75, 3.05) is 6.54 Å². The maximum Gasteiger partial charge on any atom is 0.224 e. The first-order valence-electron chi connectivity index (χ1n) is 8.98. The van der Waals surface area contributed by atoms with Gasteiger partial charge in [-0.3, -0.25) is 9.78 Å². The van der Waals surface area contributed by atoms with E-state index in [4.69, 9.17) is 0 Å². The van der Waals surface area contributed by atoms with Crippen molar-refractivity contribution in [1.29, 1.82) is 0 Å². The third kappa shape index (κ3) is 4.84. The molecule has 0 saturated carbocycles. The lowest BCUT2D eigenvalue weighted by Gasteiger charge is -2.19. The van der Waals surface area contributed by atoms with Crippen LogP contribution in [0.4, 0.5) is 0 Å². The summed E-state index contributed by atoms with van der Waals surface area (Å²) >= 11 is 0. The zero-order valence-electron chi connectivity index (χ0n) is 15.6. The fourth-order valence-corrected chi connectivity index (χ4v) is 4.56. The molecule has 2 aromatic carbocycles. The van der Waals surface area contributed by atoms with Crippen LogP contribution in [0.5, 0.6) is 0 Å². The van der Waals surface area contributed by atoms with Crippen molar-refractivity contribution in [3.05, 3.63) is 95.8 Å². The minimum absolute atomic E-state index is 0.0203. The van der Waals surface area contributed by atoms with Crippen LogP contribution in [0.1, 0.15) is 21.9 Å². The number of sulfone groups is 1. The highest BCUT2D eigenvalue weighted by Crippen LogP contribution is 2.28. The molecule has 0 aliphatic rings. The summed E-state index contributed by atoms with van der Waals surface area (Å²) in [4.78, 5) is 16.6. The van der Waals surface area contributed by atoms with Gasteiger partial charge in [-0.05, 0) is 36.2 Å². The average molecular weight is 394 g/mol. The van der Waals surface area contributed by atoms with Gasteiger partial charge in [0.05, 0.1) is 11.3 Å². The second-order valence-corrected chi connectivity index (χ2v) is 8.73. The Labute approximate surface area is 165 Å². The van der Waals surface area contributed by atoms with Crippen molar-refractivity contribution < 1.29 is 13.2 Å². The van der Waals surface area contributed by atoms with Crippen molar-refractivity contribution >= 4 is 15.7 Å². The molecule has 1 amide bonds. The second-order valence-electron chi connectivity index (χ2n) is 6.60. The Morgan fingerprint density at radius 3 is 2.36 bits per heavy atom. The Hall–Kier alpha value is -2.99. The van der Waals surface area contributed by atoms with Crippen LogP contribution >= 0.6 is 0 Å². The minimum Gasteiger partial charge on any atom is -0.354 e. The van der Waals surface area contributed by atoms with E-state index in [1.54, 1.807) is 42.6 Å². The largest absolute Gasteiger partial charge is 0.354 e. The fraction of sp³-hybridized carbons (Fsp3) is 0.182. The average Bonchev–Trinajstić information content (AvgIpc) is 2.70.